The Morgan fingerprint density at radius 3 is 2.59 bits per heavy atom. The van der Waals surface area contributed by atoms with E-state index in [1.807, 2.05) is 31.2 Å². The van der Waals surface area contributed by atoms with Crippen LogP contribution in [0.4, 0.5) is 5.13 Å². The van der Waals surface area contributed by atoms with E-state index in [-0.39, 0.29) is 12.3 Å². The SMILES string of the molecule is Cc1ccc(/C=C/C(=O)Nc2nc(C)c(CC(=O)O)s2)cc1. The van der Waals surface area contributed by atoms with Gasteiger partial charge >= 0.3 is 5.97 Å². The van der Waals surface area contributed by atoms with Gasteiger partial charge in [0, 0.05) is 11.0 Å². The number of carboxylic acids is 1. The number of hydrogen-bond acceptors (Lipinski definition) is 4. The number of carbonyl (C=O) groups excluding carboxylic acids is 1. The van der Waals surface area contributed by atoms with Crippen molar-refractivity contribution in [3.8, 4) is 0 Å². The zero-order valence-corrected chi connectivity index (χ0v) is 13.1. The summed E-state index contributed by atoms with van der Waals surface area (Å²) in [5.41, 5.74) is 2.72. The topological polar surface area (TPSA) is 79.3 Å². The van der Waals surface area contributed by atoms with Gasteiger partial charge in [0.25, 0.3) is 0 Å². The predicted molar refractivity (Wildman–Crippen MR) is 87.0 cm³/mol. The van der Waals surface area contributed by atoms with E-state index in [1.165, 1.54) is 17.4 Å². The first kappa shape index (κ1) is 15.9. The first-order chi connectivity index (χ1) is 10.4. The zero-order valence-electron chi connectivity index (χ0n) is 12.3. The molecule has 1 aromatic carbocycles. The Morgan fingerprint density at radius 1 is 1.27 bits per heavy atom. The fourth-order valence-corrected chi connectivity index (χ4v) is 2.74. The maximum Gasteiger partial charge on any atom is 0.308 e. The van der Waals surface area contributed by atoms with E-state index in [4.69, 9.17) is 5.11 Å². The lowest BCUT2D eigenvalue weighted by molar-refractivity contribution is -0.136. The Morgan fingerprint density at radius 2 is 1.95 bits per heavy atom. The molecule has 0 spiro atoms. The molecule has 1 amide bonds. The molecule has 1 aromatic heterocycles. The van der Waals surface area contributed by atoms with Gasteiger partial charge in [0.05, 0.1) is 12.1 Å². The van der Waals surface area contributed by atoms with Crippen LogP contribution in [-0.4, -0.2) is 22.0 Å². The van der Waals surface area contributed by atoms with E-state index in [0.717, 1.165) is 11.1 Å². The summed E-state index contributed by atoms with van der Waals surface area (Å²) < 4.78 is 0. The smallest absolute Gasteiger partial charge is 0.308 e. The Bertz CT molecular complexity index is 717. The molecule has 2 aromatic rings. The van der Waals surface area contributed by atoms with Crippen molar-refractivity contribution >= 4 is 34.4 Å². The van der Waals surface area contributed by atoms with Gasteiger partial charge in [-0.2, -0.15) is 0 Å². The van der Waals surface area contributed by atoms with Crippen molar-refractivity contribution in [3.63, 3.8) is 0 Å². The van der Waals surface area contributed by atoms with Crippen molar-refractivity contribution in [1.82, 2.24) is 4.98 Å². The normalized spacial score (nSPS) is 10.8. The summed E-state index contributed by atoms with van der Waals surface area (Å²) in [6.07, 6.45) is 3.06. The molecular weight excluding hydrogens is 300 g/mol. The number of anilines is 1. The summed E-state index contributed by atoms with van der Waals surface area (Å²) in [5, 5.41) is 11.8. The number of amides is 1. The van der Waals surface area contributed by atoms with Crippen LogP contribution in [0.5, 0.6) is 0 Å². The Labute approximate surface area is 132 Å². The molecule has 0 atom stereocenters. The van der Waals surface area contributed by atoms with Crippen LogP contribution >= 0.6 is 11.3 Å². The quantitative estimate of drug-likeness (QED) is 0.831. The van der Waals surface area contributed by atoms with Gasteiger partial charge in [-0.05, 0) is 25.5 Å². The van der Waals surface area contributed by atoms with Crippen molar-refractivity contribution in [2.24, 2.45) is 0 Å². The lowest BCUT2D eigenvalue weighted by Gasteiger charge is -1.97. The molecule has 0 unspecified atom stereocenters. The van der Waals surface area contributed by atoms with Crippen LogP contribution in [0.25, 0.3) is 6.08 Å². The number of rotatable bonds is 5. The highest BCUT2D eigenvalue weighted by Crippen LogP contribution is 2.23. The first-order valence-corrected chi connectivity index (χ1v) is 7.49. The number of carbonyl (C=O) groups is 2. The average molecular weight is 316 g/mol. The lowest BCUT2D eigenvalue weighted by atomic mass is 10.1. The Kier molecular flexibility index (Phi) is 5.06. The van der Waals surface area contributed by atoms with E-state index in [2.05, 4.69) is 10.3 Å². The van der Waals surface area contributed by atoms with E-state index in [0.29, 0.717) is 15.7 Å². The van der Waals surface area contributed by atoms with E-state index in [9.17, 15) is 9.59 Å². The van der Waals surface area contributed by atoms with Crippen LogP contribution in [0.3, 0.4) is 0 Å². The van der Waals surface area contributed by atoms with Crippen molar-refractivity contribution < 1.29 is 14.7 Å². The minimum atomic E-state index is -0.913. The van der Waals surface area contributed by atoms with E-state index in [1.54, 1.807) is 13.0 Å². The molecule has 6 heteroatoms. The molecule has 1 heterocycles. The number of thiazole rings is 1. The third-order valence-electron chi connectivity index (χ3n) is 2.94. The maximum absolute atomic E-state index is 11.8. The maximum atomic E-state index is 11.8. The molecule has 5 nitrogen and oxygen atoms in total. The fourth-order valence-electron chi connectivity index (χ4n) is 1.78. The van der Waals surface area contributed by atoms with Crippen LogP contribution in [-0.2, 0) is 16.0 Å². The minimum Gasteiger partial charge on any atom is -0.481 e. The molecule has 0 aliphatic heterocycles. The second kappa shape index (κ2) is 7.00. The van der Waals surface area contributed by atoms with Gasteiger partial charge in [0.2, 0.25) is 5.91 Å². The number of hydrogen-bond donors (Lipinski definition) is 2. The molecule has 0 aliphatic carbocycles. The number of nitrogens with one attached hydrogen (secondary N) is 1. The molecule has 0 fully saturated rings. The monoisotopic (exact) mass is 316 g/mol. The molecule has 0 bridgehead atoms. The molecule has 0 radical (unpaired) electrons. The molecular formula is C16H16N2O3S. The highest BCUT2D eigenvalue weighted by molar-refractivity contribution is 7.16. The lowest BCUT2D eigenvalue weighted by Crippen LogP contribution is -2.07. The fraction of sp³-hybridized carbons (Fsp3) is 0.188. The van der Waals surface area contributed by atoms with Crippen LogP contribution < -0.4 is 5.32 Å². The number of aliphatic carboxylic acids is 1. The second-order valence-electron chi connectivity index (χ2n) is 4.83. The van der Waals surface area contributed by atoms with Gasteiger partial charge in [-0.1, -0.05) is 29.8 Å². The molecule has 0 aliphatic rings. The van der Waals surface area contributed by atoms with Crippen molar-refractivity contribution in [3.05, 3.63) is 52.0 Å². The van der Waals surface area contributed by atoms with E-state index >= 15 is 0 Å². The zero-order chi connectivity index (χ0) is 16.1. The van der Waals surface area contributed by atoms with Gasteiger partial charge in [-0.15, -0.1) is 11.3 Å². The minimum absolute atomic E-state index is 0.0847. The third-order valence-corrected chi connectivity index (χ3v) is 4.01. The molecule has 2 rings (SSSR count). The van der Waals surface area contributed by atoms with Gasteiger partial charge < -0.3 is 5.11 Å². The molecule has 2 N–H and O–H groups in total. The van der Waals surface area contributed by atoms with Crippen LogP contribution in [0, 0.1) is 13.8 Å². The molecule has 0 saturated heterocycles. The highest BCUT2D eigenvalue weighted by Gasteiger charge is 2.11. The number of benzene rings is 1. The summed E-state index contributed by atoms with van der Waals surface area (Å²) in [6.45, 7) is 3.73. The highest BCUT2D eigenvalue weighted by atomic mass is 32.1. The van der Waals surface area contributed by atoms with Crippen LogP contribution in [0.2, 0.25) is 0 Å². The summed E-state index contributed by atoms with van der Waals surface area (Å²) in [4.78, 5) is 27.4. The number of aryl methyl sites for hydroxylation is 2. The van der Waals surface area contributed by atoms with Gasteiger partial charge in [0.1, 0.15) is 0 Å². The number of nitrogens with zero attached hydrogens (tertiary/aromatic N) is 1. The molecule has 0 saturated carbocycles. The molecule has 22 heavy (non-hydrogen) atoms. The van der Waals surface area contributed by atoms with Crippen molar-refractivity contribution in [2.45, 2.75) is 20.3 Å². The molecule has 114 valence electrons. The van der Waals surface area contributed by atoms with Crippen molar-refractivity contribution in [1.29, 1.82) is 0 Å². The summed E-state index contributed by atoms with van der Waals surface area (Å²) in [6, 6.07) is 7.80. The third kappa shape index (κ3) is 4.53. The Balaban J connectivity index is 2.00. The summed E-state index contributed by atoms with van der Waals surface area (Å²) >= 11 is 1.18. The van der Waals surface area contributed by atoms with E-state index < -0.39 is 5.97 Å². The summed E-state index contributed by atoms with van der Waals surface area (Å²) in [7, 11) is 0. The first-order valence-electron chi connectivity index (χ1n) is 6.68. The van der Waals surface area contributed by atoms with Crippen LogP contribution in [0.1, 0.15) is 21.7 Å². The van der Waals surface area contributed by atoms with Gasteiger partial charge in [-0.25, -0.2) is 4.98 Å². The second-order valence-corrected chi connectivity index (χ2v) is 5.92. The van der Waals surface area contributed by atoms with Crippen LogP contribution in [0.15, 0.2) is 30.3 Å². The summed E-state index contributed by atoms with van der Waals surface area (Å²) in [5.74, 6) is -1.21. The number of aromatic nitrogens is 1. The van der Waals surface area contributed by atoms with Crippen molar-refractivity contribution in [2.75, 3.05) is 5.32 Å². The van der Waals surface area contributed by atoms with Gasteiger partial charge in [0.15, 0.2) is 5.13 Å². The average Bonchev–Trinajstić information content (AvgIpc) is 2.77. The van der Waals surface area contributed by atoms with Gasteiger partial charge in [-0.3, -0.25) is 14.9 Å². The number of carboxylic acid groups (broad SMARTS) is 1. The largest absolute Gasteiger partial charge is 0.481 e. The Hall–Kier alpha value is -2.47. The standard InChI is InChI=1S/C16H16N2O3S/c1-10-3-5-12(6-4-10)7-8-14(19)18-16-17-11(2)13(22-16)9-15(20)21/h3-8H,9H2,1-2H3,(H,20,21)(H,17,18,19)/b8-7+. The predicted octanol–water partition coefficient (Wildman–Crippen LogP) is 3.04.